The zero-order valence-corrected chi connectivity index (χ0v) is 51.2. The summed E-state index contributed by atoms with van der Waals surface area (Å²) in [5.41, 5.74) is 27.6. The lowest BCUT2D eigenvalue weighted by Crippen LogP contribution is -2.15. The van der Waals surface area contributed by atoms with Gasteiger partial charge < -0.3 is 9.13 Å². The van der Waals surface area contributed by atoms with Crippen LogP contribution in [0.25, 0.3) is 111 Å². The molecule has 0 unspecified atom stereocenters. The number of hydrogen-bond acceptors (Lipinski definition) is 0. The minimum atomic E-state index is -0.247. The standard InChI is InChI=1S/C81H78N2/c1-77(2,3)59-35-25-51(26-36-59)73-67-19-15-17-21-71(67)82(75(73)53-29-39-61(40-30-53)79(7,8)9)63-43-33-56-47-55(23-24-57(56)48-63)58-34-45-65-66-46-44-64(50-70(66)81(13,14)69(65)49-58)83-72-22-18-16-20-68(72)74(52-27-37-60(38-28-52)78(4,5)6)76(83)54-31-41-62(42-32-54)80(10,11)12/h15-50H,1-14H3. The van der Waals surface area contributed by atoms with E-state index in [-0.39, 0.29) is 27.1 Å². The molecule has 0 atom stereocenters. The molecule has 12 aromatic rings. The van der Waals surface area contributed by atoms with E-state index in [1.54, 1.807) is 0 Å². The summed E-state index contributed by atoms with van der Waals surface area (Å²) in [5.74, 6) is 0. The molecular weight excluding hydrogens is 1000 g/mol. The molecule has 10 aromatic carbocycles. The van der Waals surface area contributed by atoms with Crippen molar-refractivity contribution in [2.24, 2.45) is 0 Å². The smallest absolute Gasteiger partial charge is 0.0619 e. The van der Waals surface area contributed by atoms with Gasteiger partial charge in [0.2, 0.25) is 0 Å². The second kappa shape index (κ2) is 19.3. The molecule has 83 heavy (non-hydrogen) atoms. The molecule has 0 saturated carbocycles. The third-order valence-corrected chi connectivity index (χ3v) is 18.2. The molecule has 412 valence electrons. The Morgan fingerprint density at radius 1 is 0.289 bits per heavy atom. The van der Waals surface area contributed by atoms with E-state index < -0.39 is 0 Å². The summed E-state index contributed by atoms with van der Waals surface area (Å²) in [5, 5.41) is 4.93. The van der Waals surface area contributed by atoms with Gasteiger partial charge in [0.05, 0.1) is 22.4 Å². The lowest BCUT2D eigenvalue weighted by molar-refractivity contribution is 0.590. The third-order valence-electron chi connectivity index (χ3n) is 18.2. The van der Waals surface area contributed by atoms with Crippen LogP contribution in [0.5, 0.6) is 0 Å². The van der Waals surface area contributed by atoms with E-state index in [4.69, 9.17) is 0 Å². The minimum absolute atomic E-state index is 0.0477. The second-order valence-corrected chi connectivity index (χ2v) is 28.3. The summed E-state index contributed by atoms with van der Waals surface area (Å²) >= 11 is 0. The molecule has 2 heteroatoms. The molecule has 0 radical (unpaired) electrons. The highest BCUT2D eigenvalue weighted by atomic mass is 15.0. The highest BCUT2D eigenvalue weighted by Gasteiger charge is 2.37. The summed E-state index contributed by atoms with van der Waals surface area (Å²) in [6.07, 6.45) is 0. The van der Waals surface area contributed by atoms with Crippen LogP contribution < -0.4 is 0 Å². The molecule has 1 aliphatic rings. The molecule has 0 N–H and O–H groups in total. The maximum absolute atomic E-state index is 2.54. The van der Waals surface area contributed by atoms with Gasteiger partial charge in [0.25, 0.3) is 0 Å². The van der Waals surface area contributed by atoms with Crippen LogP contribution in [0.15, 0.2) is 218 Å². The molecular formula is C81H78N2. The molecule has 2 heterocycles. The first-order valence-corrected chi connectivity index (χ1v) is 30.0. The summed E-state index contributed by atoms with van der Waals surface area (Å²) in [4.78, 5) is 0. The molecule has 0 saturated heterocycles. The maximum Gasteiger partial charge on any atom is 0.0619 e. The van der Waals surface area contributed by atoms with Crippen molar-refractivity contribution in [1.82, 2.24) is 9.13 Å². The quantitative estimate of drug-likeness (QED) is 0.151. The van der Waals surface area contributed by atoms with Gasteiger partial charge in [-0.2, -0.15) is 0 Å². The van der Waals surface area contributed by atoms with Crippen molar-refractivity contribution in [3.63, 3.8) is 0 Å². The minimum Gasteiger partial charge on any atom is -0.309 e. The van der Waals surface area contributed by atoms with Crippen LogP contribution in [0.1, 0.15) is 130 Å². The molecule has 0 amide bonds. The predicted molar refractivity (Wildman–Crippen MR) is 357 cm³/mol. The number of aromatic nitrogens is 2. The molecule has 0 spiro atoms. The Bertz CT molecular complexity index is 4480. The fourth-order valence-electron chi connectivity index (χ4n) is 13.3. The molecule has 2 nitrogen and oxygen atoms in total. The van der Waals surface area contributed by atoms with Crippen molar-refractivity contribution in [2.45, 2.75) is 124 Å². The van der Waals surface area contributed by atoms with E-state index in [1.165, 1.54) is 139 Å². The lowest BCUT2D eigenvalue weighted by Gasteiger charge is -2.23. The Hall–Kier alpha value is -8.46. The first kappa shape index (κ1) is 53.8. The zero-order valence-electron chi connectivity index (χ0n) is 51.2. The van der Waals surface area contributed by atoms with Gasteiger partial charge in [-0.1, -0.05) is 267 Å². The number of fused-ring (bicyclic) bond motifs is 6. The van der Waals surface area contributed by atoms with E-state index in [9.17, 15) is 0 Å². The van der Waals surface area contributed by atoms with Gasteiger partial charge in [0.15, 0.2) is 0 Å². The van der Waals surface area contributed by atoms with E-state index in [2.05, 4.69) is 324 Å². The first-order valence-electron chi connectivity index (χ1n) is 30.0. The van der Waals surface area contributed by atoms with Crippen LogP contribution in [0.3, 0.4) is 0 Å². The van der Waals surface area contributed by atoms with Crippen LogP contribution in [0.4, 0.5) is 0 Å². The Balaban J connectivity index is 0.887. The molecule has 13 rings (SSSR count). The SMILES string of the molecule is CC(C)(C)c1ccc(-c2c(-c3ccc(C(C)(C)C)cc3)n(-c3ccc4c(c3)C(C)(C)c3cc(-c5ccc6cc(-n7c(-c8ccc(C(C)(C)C)cc8)c(-c8ccc(C(C)(C)C)cc8)c8ccccc87)ccc6c5)ccc3-4)c3ccccc23)cc1. The zero-order chi connectivity index (χ0) is 58.1. The fraction of sp³-hybridized carbons (Fsp3) is 0.235. The highest BCUT2D eigenvalue weighted by molar-refractivity contribution is 6.07. The van der Waals surface area contributed by atoms with Gasteiger partial charge in [-0.15, -0.1) is 0 Å². The number of rotatable bonds is 7. The Morgan fingerprint density at radius 3 is 1.06 bits per heavy atom. The summed E-state index contributed by atoms with van der Waals surface area (Å²) in [6.45, 7) is 32.3. The Labute approximate surface area is 493 Å². The van der Waals surface area contributed by atoms with Crippen molar-refractivity contribution < 1.29 is 0 Å². The van der Waals surface area contributed by atoms with Crippen molar-refractivity contribution in [3.05, 3.63) is 252 Å². The Kier molecular flexibility index (Phi) is 12.5. The van der Waals surface area contributed by atoms with E-state index in [0.717, 1.165) is 5.69 Å². The van der Waals surface area contributed by atoms with Crippen LogP contribution in [0.2, 0.25) is 0 Å². The van der Waals surface area contributed by atoms with E-state index in [1.807, 2.05) is 0 Å². The molecule has 0 aliphatic heterocycles. The van der Waals surface area contributed by atoms with Gasteiger partial charge in [-0.3, -0.25) is 0 Å². The molecule has 2 aromatic heterocycles. The van der Waals surface area contributed by atoms with Gasteiger partial charge in [0.1, 0.15) is 0 Å². The maximum atomic E-state index is 2.54. The molecule has 0 fully saturated rings. The monoisotopic (exact) mass is 1080 g/mol. The van der Waals surface area contributed by atoms with Crippen LogP contribution in [-0.2, 0) is 27.1 Å². The predicted octanol–water partition coefficient (Wildman–Crippen LogP) is 22.6. The topological polar surface area (TPSA) is 9.86 Å². The molecule has 1 aliphatic carbocycles. The van der Waals surface area contributed by atoms with Crippen molar-refractivity contribution in [3.8, 4) is 78.4 Å². The lowest BCUT2D eigenvalue weighted by atomic mass is 9.81. The van der Waals surface area contributed by atoms with Gasteiger partial charge in [-0.25, -0.2) is 0 Å². The van der Waals surface area contributed by atoms with E-state index >= 15 is 0 Å². The van der Waals surface area contributed by atoms with Gasteiger partial charge in [-0.05, 0) is 159 Å². The fourth-order valence-corrected chi connectivity index (χ4v) is 13.3. The van der Waals surface area contributed by atoms with Crippen molar-refractivity contribution in [1.29, 1.82) is 0 Å². The van der Waals surface area contributed by atoms with Gasteiger partial charge >= 0.3 is 0 Å². The van der Waals surface area contributed by atoms with Crippen molar-refractivity contribution in [2.75, 3.05) is 0 Å². The normalized spacial score (nSPS) is 13.5. The number of nitrogens with zero attached hydrogens (tertiary/aromatic N) is 2. The van der Waals surface area contributed by atoms with E-state index in [0.29, 0.717) is 0 Å². The molecule has 0 bridgehead atoms. The van der Waals surface area contributed by atoms with Crippen LogP contribution >= 0.6 is 0 Å². The van der Waals surface area contributed by atoms with Crippen LogP contribution in [0, 0.1) is 0 Å². The first-order chi connectivity index (χ1) is 39.4. The highest BCUT2D eigenvalue weighted by Crippen LogP contribution is 2.52. The number of para-hydroxylation sites is 2. The Morgan fingerprint density at radius 2 is 0.614 bits per heavy atom. The van der Waals surface area contributed by atoms with Crippen molar-refractivity contribution >= 4 is 32.6 Å². The van der Waals surface area contributed by atoms with Crippen LogP contribution in [-0.4, -0.2) is 9.13 Å². The number of hydrogen-bond donors (Lipinski definition) is 0. The summed E-state index contributed by atoms with van der Waals surface area (Å²) < 4.78 is 5.04. The summed E-state index contributed by atoms with van der Waals surface area (Å²) in [7, 11) is 0. The number of benzene rings is 10. The van der Waals surface area contributed by atoms with Gasteiger partial charge in [0, 0.05) is 38.7 Å². The average Bonchev–Trinajstić information content (AvgIpc) is 1.78. The largest absolute Gasteiger partial charge is 0.309 e. The summed E-state index contributed by atoms with van der Waals surface area (Å²) in [6, 6.07) is 83.7. The average molecular weight is 1080 g/mol. The second-order valence-electron chi connectivity index (χ2n) is 28.3. The third kappa shape index (κ3) is 9.27.